The van der Waals surface area contributed by atoms with Crippen LogP contribution in [0.4, 0.5) is 5.69 Å². The lowest BCUT2D eigenvalue weighted by atomic mass is 10.1. The van der Waals surface area contributed by atoms with E-state index in [2.05, 4.69) is 54.2 Å². The van der Waals surface area contributed by atoms with E-state index in [4.69, 9.17) is 0 Å². The first kappa shape index (κ1) is 16.1. The number of phenols is 1. The van der Waals surface area contributed by atoms with E-state index in [1.54, 1.807) is 12.1 Å². The van der Waals surface area contributed by atoms with Gasteiger partial charge in [-0.2, -0.15) is 0 Å². The van der Waals surface area contributed by atoms with Crippen molar-refractivity contribution >= 4 is 5.69 Å². The number of hydrogen-bond donors (Lipinski definition) is 1. The predicted octanol–water partition coefficient (Wildman–Crippen LogP) is 4.65. The number of nitrogens with zero attached hydrogens (tertiary/aromatic N) is 2. The summed E-state index contributed by atoms with van der Waals surface area (Å²) in [6.45, 7) is 3.00. The van der Waals surface area contributed by atoms with Gasteiger partial charge in [-0.1, -0.05) is 43.3 Å². The molecule has 0 spiro atoms. The quantitative estimate of drug-likeness (QED) is 0.743. The fourth-order valence-electron chi connectivity index (χ4n) is 2.79. The topological polar surface area (TPSA) is 36.4 Å². The van der Waals surface area contributed by atoms with Crippen LogP contribution in [0.3, 0.4) is 0 Å². The van der Waals surface area contributed by atoms with Crippen LogP contribution in [-0.4, -0.2) is 17.1 Å². The number of hydrogen-bond acceptors (Lipinski definition) is 3. The second-order valence-corrected chi connectivity index (χ2v) is 6.01. The molecule has 0 aliphatic heterocycles. The summed E-state index contributed by atoms with van der Waals surface area (Å²) in [6, 6.07) is 18.0. The maximum atomic E-state index is 9.67. The molecule has 0 radical (unpaired) electrons. The van der Waals surface area contributed by atoms with Gasteiger partial charge in [0.15, 0.2) is 0 Å². The Morgan fingerprint density at radius 1 is 0.917 bits per heavy atom. The van der Waals surface area contributed by atoms with Crippen LogP contribution in [0.2, 0.25) is 0 Å². The molecule has 0 fully saturated rings. The zero-order valence-corrected chi connectivity index (χ0v) is 14.1. The van der Waals surface area contributed by atoms with Crippen molar-refractivity contribution in [1.82, 2.24) is 4.98 Å². The van der Waals surface area contributed by atoms with Crippen molar-refractivity contribution in [2.24, 2.45) is 0 Å². The highest BCUT2D eigenvalue weighted by atomic mass is 16.3. The highest BCUT2D eigenvalue weighted by molar-refractivity contribution is 5.68. The molecule has 2 aromatic carbocycles. The second kappa shape index (κ2) is 7.18. The van der Waals surface area contributed by atoms with E-state index in [0.717, 1.165) is 29.8 Å². The van der Waals surface area contributed by atoms with Crippen molar-refractivity contribution < 1.29 is 5.11 Å². The van der Waals surface area contributed by atoms with Crippen molar-refractivity contribution in [3.8, 4) is 16.9 Å². The minimum Gasteiger partial charge on any atom is -0.508 e. The van der Waals surface area contributed by atoms with Crippen molar-refractivity contribution in [1.29, 1.82) is 0 Å². The maximum Gasteiger partial charge on any atom is 0.116 e. The molecule has 24 heavy (non-hydrogen) atoms. The van der Waals surface area contributed by atoms with Crippen LogP contribution < -0.4 is 4.90 Å². The van der Waals surface area contributed by atoms with Gasteiger partial charge in [0.25, 0.3) is 0 Å². The van der Waals surface area contributed by atoms with Crippen molar-refractivity contribution in [3.63, 3.8) is 0 Å². The maximum absolute atomic E-state index is 9.67. The van der Waals surface area contributed by atoms with Crippen LogP contribution in [0.15, 0.2) is 67.0 Å². The van der Waals surface area contributed by atoms with Gasteiger partial charge in [-0.15, -0.1) is 0 Å². The van der Waals surface area contributed by atoms with Gasteiger partial charge in [-0.25, -0.2) is 0 Å². The first-order chi connectivity index (χ1) is 11.7. The molecule has 0 amide bonds. The number of anilines is 1. The molecular weight excluding hydrogens is 296 g/mol. The first-order valence-corrected chi connectivity index (χ1v) is 8.19. The van der Waals surface area contributed by atoms with Gasteiger partial charge >= 0.3 is 0 Å². The van der Waals surface area contributed by atoms with Gasteiger partial charge in [-0.05, 0) is 41.3 Å². The zero-order chi connectivity index (χ0) is 16.9. The Balaban J connectivity index is 1.82. The van der Waals surface area contributed by atoms with Crippen molar-refractivity contribution in [3.05, 3.63) is 78.1 Å². The molecule has 1 aromatic heterocycles. The lowest BCUT2D eigenvalue weighted by Gasteiger charge is -2.20. The van der Waals surface area contributed by atoms with Crippen LogP contribution in [0.1, 0.15) is 18.1 Å². The minimum absolute atomic E-state index is 0.266. The van der Waals surface area contributed by atoms with Crippen LogP contribution >= 0.6 is 0 Å². The molecule has 1 N–H and O–H groups in total. The Kier molecular flexibility index (Phi) is 4.80. The van der Waals surface area contributed by atoms with Crippen molar-refractivity contribution in [2.45, 2.75) is 19.9 Å². The summed E-state index contributed by atoms with van der Waals surface area (Å²) < 4.78 is 0. The Morgan fingerprint density at radius 2 is 1.71 bits per heavy atom. The summed E-state index contributed by atoms with van der Waals surface area (Å²) in [4.78, 5) is 6.55. The van der Waals surface area contributed by atoms with Gasteiger partial charge in [0.05, 0.1) is 11.9 Å². The summed E-state index contributed by atoms with van der Waals surface area (Å²) >= 11 is 0. The van der Waals surface area contributed by atoms with Crippen LogP contribution in [0, 0.1) is 0 Å². The smallest absolute Gasteiger partial charge is 0.116 e. The third kappa shape index (κ3) is 3.74. The molecule has 122 valence electrons. The predicted molar refractivity (Wildman–Crippen MR) is 99.3 cm³/mol. The van der Waals surface area contributed by atoms with E-state index in [1.807, 2.05) is 24.5 Å². The zero-order valence-electron chi connectivity index (χ0n) is 14.1. The average Bonchev–Trinajstić information content (AvgIpc) is 2.62. The third-order valence-electron chi connectivity index (χ3n) is 4.16. The summed E-state index contributed by atoms with van der Waals surface area (Å²) in [6.07, 6.45) is 4.74. The Morgan fingerprint density at radius 3 is 2.50 bits per heavy atom. The summed E-state index contributed by atoms with van der Waals surface area (Å²) in [5.74, 6) is 0.266. The van der Waals surface area contributed by atoms with Crippen LogP contribution in [0.25, 0.3) is 11.1 Å². The SMILES string of the molecule is CCc1cccc(CN(C)c2cncc(-c3cccc(O)c3)c2)c1. The average molecular weight is 318 g/mol. The Labute approximate surface area is 143 Å². The second-order valence-electron chi connectivity index (χ2n) is 6.01. The molecular formula is C21H22N2O. The van der Waals surface area contributed by atoms with Gasteiger partial charge in [0.2, 0.25) is 0 Å². The number of rotatable bonds is 5. The summed E-state index contributed by atoms with van der Waals surface area (Å²) in [7, 11) is 2.07. The lowest BCUT2D eigenvalue weighted by molar-refractivity contribution is 0.475. The molecule has 0 aliphatic rings. The normalized spacial score (nSPS) is 10.6. The summed E-state index contributed by atoms with van der Waals surface area (Å²) in [5, 5.41) is 9.67. The molecule has 0 bridgehead atoms. The number of phenolic OH excluding ortho intramolecular Hbond substituents is 1. The largest absolute Gasteiger partial charge is 0.508 e. The standard InChI is InChI=1S/C21H22N2O/c1-3-16-6-4-7-17(10-16)15-23(2)20-11-19(13-22-14-20)18-8-5-9-21(24)12-18/h4-14,24H,3,15H2,1-2H3. The molecule has 0 unspecified atom stereocenters. The Bertz CT molecular complexity index is 829. The van der Waals surface area contributed by atoms with E-state index in [-0.39, 0.29) is 5.75 Å². The third-order valence-corrected chi connectivity index (χ3v) is 4.16. The number of aromatic hydroxyl groups is 1. The molecule has 0 saturated carbocycles. The molecule has 3 aromatic rings. The molecule has 0 atom stereocenters. The fraction of sp³-hybridized carbons (Fsp3) is 0.190. The van der Waals surface area contributed by atoms with E-state index in [1.165, 1.54) is 11.1 Å². The number of benzene rings is 2. The highest BCUT2D eigenvalue weighted by Gasteiger charge is 2.06. The van der Waals surface area contributed by atoms with E-state index < -0.39 is 0 Å². The highest BCUT2D eigenvalue weighted by Crippen LogP contribution is 2.26. The lowest BCUT2D eigenvalue weighted by Crippen LogP contribution is -2.16. The van der Waals surface area contributed by atoms with Crippen LogP contribution in [-0.2, 0) is 13.0 Å². The number of pyridine rings is 1. The molecule has 3 nitrogen and oxygen atoms in total. The van der Waals surface area contributed by atoms with Gasteiger partial charge in [-0.3, -0.25) is 4.98 Å². The van der Waals surface area contributed by atoms with E-state index in [9.17, 15) is 5.11 Å². The fourth-order valence-corrected chi connectivity index (χ4v) is 2.79. The molecule has 3 heteroatoms. The molecule has 3 rings (SSSR count). The molecule has 0 aliphatic carbocycles. The number of aromatic nitrogens is 1. The van der Waals surface area contributed by atoms with Crippen LogP contribution in [0.5, 0.6) is 5.75 Å². The van der Waals surface area contributed by atoms with Gasteiger partial charge < -0.3 is 10.0 Å². The monoisotopic (exact) mass is 318 g/mol. The van der Waals surface area contributed by atoms with Gasteiger partial charge in [0, 0.05) is 25.4 Å². The Hall–Kier alpha value is -2.81. The van der Waals surface area contributed by atoms with E-state index >= 15 is 0 Å². The minimum atomic E-state index is 0.266. The van der Waals surface area contributed by atoms with E-state index in [0.29, 0.717) is 0 Å². The molecule has 1 heterocycles. The first-order valence-electron chi connectivity index (χ1n) is 8.19. The number of aryl methyl sites for hydroxylation is 1. The van der Waals surface area contributed by atoms with Gasteiger partial charge in [0.1, 0.15) is 5.75 Å². The van der Waals surface area contributed by atoms with Crippen molar-refractivity contribution in [2.75, 3.05) is 11.9 Å². The summed E-state index contributed by atoms with van der Waals surface area (Å²) in [5.41, 5.74) is 5.66. The molecule has 0 saturated heterocycles.